The molecule has 1 N–H and O–H groups in total. The van der Waals surface area contributed by atoms with E-state index < -0.39 is 6.10 Å². The van der Waals surface area contributed by atoms with Crippen molar-refractivity contribution in [2.24, 2.45) is 0 Å². The summed E-state index contributed by atoms with van der Waals surface area (Å²) in [5.41, 5.74) is 0. The van der Waals surface area contributed by atoms with Gasteiger partial charge in [-0.05, 0) is 14.0 Å². The van der Waals surface area contributed by atoms with Crippen LogP contribution in [0.2, 0.25) is 0 Å². The molecular weight excluding hydrogens is 156 g/mol. The van der Waals surface area contributed by atoms with Gasteiger partial charge in [0.2, 0.25) is 0 Å². The Balaban J connectivity index is 3.69. The van der Waals surface area contributed by atoms with Crippen molar-refractivity contribution in [3.05, 3.63) is 0 Å². The molecule has 0 aromatic carbocycles. The quantitative estimate of drug-likeness (QED) is 0.626. The Morgan fingerprint density at radius 3 is 2.67 bits per heavy atom. The monoisotopic (exact) mass is 172 g/mol. The van der Waals surface area contributed by atoms with E-state index in [9.17, 15) is 5.11 Å². The molecule has 2 atom stereocenters. The minimum absolute atomic E-state index is 0.170. The van der Waals surface area contributed by atoms with E-state index in [-0.39, 0.29) is 6.04 Å². The van der Waals surface area contributed by atoms with E-state index in [1.807, 2.05) is 0 Å². The van der Waals surface area contributed by atoms with Gasteiger partial charge in [0.25, 0.3) is 0 Å². The SMILES string of the molecule is COCC(O)CN(C)C(C)C#N. The van der Waals surface area contributed by atoms with Crippen LogP contribution in [-0.2, 0) is 4.74 Å². The molecule has 4 nitrogen and oxygen atoms in total. The number of likely N-dealkylation sites (N-methyl/N-ethyl adjacent to an activating group) is 1. The molecule has 0 saturated carbocycles. The highest BCUT2D eigenvalue weighted by Crippen LogP contribution is 1.96. The highest BCUT2D eigenvalue weighted by Gasteiger charge is 2.12. The van der Waals surface area contributed by atoms with Gasteiger partial charge in [0.05, 0.1) is 24.8 Å². The predicted octanol–water partition coefficient (Wildman–Crippen LogP) is -0.162. The van der Waals surface area contributed by atoms with Crippen LogP contribution in [0.1, 0.15) is 6.92 Å². The van der Waals surface area contributed by atoms with E-state index in [0.717, 1.165) is 0 Å². The second-order valence-corrected chi connectivity index (χ2v) is 2.85. The molecule has 0 aromatic heterocycles. The van der Waals surface area contributed by atoms with Crippen molar-refractivity contribution in [1.29, 1.82) is 5.26 Å². The van der Waals surface area contributed by atoms with Crippen LogP contribution in [0.4, 0.5) is 0 Å². The lowest BCUT2D eigenvalue weighted by molar-refractivity contribution is 0.0401. The first-order chi connectivity index (χ1) is 5.61. The van der Waals surface area contributed by atoms with E-state index in [0.29, 0.717) is 13.2 Å². The molecule has 12 heavy (non-hydrogen) atoms. The molecule has 0 bridgehead atoms. The van der Waals surface area contributed by atoms with E-state index >= 15 is 0 Å². The second kappa shape index (κ2) is 5.95. The van der Waals surface area contributed by atoms with Gasteiger partial charge in [0, 0.05) is 13.7 Å². The summed E-state index contributed by atoms with van der Waals surface area (Å²) in [6.45, 7) is 2.56. The Bertz CT molecular complexity index is 156. The molecule has 0 rings (SSSR count). The number of nitrogens with zero attached hydrogens (tertiary/aromatic N) is 2. The van der Waals surface area contributed by atoms with Crippen molar-refractivity contribution in [3.63, 3.8) is 0 Å². The third-order valence-electron chi connectivity index (χ3n) is 1.71. The first-order valence-electron chi connectivity index (χ1n) is 3.88. The Hall–Kier alpha value is -0.630. The van der Waals surface area contributed by atoms with Crippen LogP contribution in [0.15, 0.2) is 0 Å². The van der Waals surface area contributed by atoms with Crippen LogP contribution in [0.25, 0.3) is 0 Å². The summed E-state index contributed by atoms with van der Waals surface area (Å²) in [7, 11) is 3.34. The summed E-state index contributed by atoms with van der Waals surface area (Å²) in [6, 6.07) is 1.92. The standard InChI is InChI=1S/C8H16N2O2/c1-7(4-9)10(2)5-8(11)6-12-3/h7-8,11H,5-6H2,1-3H3. The van der Waals surface area contributed by atoms with Gasteiger partial charge in [-0.15, -0.1) is 0 Å². The number of ether oxygens (including phenoxy) is 1. The highest BCUT2D eigenvalue weighted by molar-refractivity contribution is 4.87. The van der Waals surface area contributed by atoms with Gasteiger partial charge < -0.3 is 9.84 Å². The maximum absolute atomic E-state index is 9.29. The van der Waals surface area contributed by atoms with Gasteiger partial charge in [-0.2, -0.15) is 5.26 Å². The second-order valence-electron chi connectivity index (χ2n) is 2.85. The molecule has 0 amide bonds. The van der Waals surface area contributed by atoms with Crippen molar-refractivity contribution < 1.29 is 9.84 Å². The molecular formula is C8H16N2O2. The summed E-state index contributed by atoms with van der Waals surface area (Å²) in [5.74, 6) is 0. The van der Waals surface area contributed by atoms with Crippen LogP contribution in [-0.4, -0.2) is 49.5 Å². The smallest absolute Gasteiger partial charge is 0.0947 e. The van der Waals surface area contributed by atoms with Gasteiger partial charge in [-0.25, -0.2) is 0 Å². The molecule has 0 aliphatic carbocycles. The zero-order valence-electron chi connectivity index (χ0n) is 7.82. The van der Waals surface area contributed by atoms with E-state index in [1.54, 1.807) is 18.9 Å². The van der Waals surface area contributed by atoms with Crippen molar-refractivity contribution in [2.75, 3.05) is 27.3 Å². The minimum atomic E-state index is -0.518. The molecule has 4 heteroatoms. The molecule has 0 fully saturated rings. The Morgan fingerprint density at radius 1 is 1.67 bits per heavy atom. The van der Waals surface area contributed by atoms with Gasteiger partial charge in [-0.3, -0.25) is 4.90 Å². The number of aliphatic hydroxyl groups excluding tert-OH is 1. The average Bonchev–Trinajstić information content (AvgIpc) is 2.03. The number of methoxy groups -OCH3 is 1. The fraction of sp³-hybridized carbons (Fsp3) is 0.875. The van der Waals surface area contributed by atoms with Crippen molar-refractivity contribution in [3.8, 4) is 6.07 Å². The van der Waals surface area contributed by atoms with E-state index in [4.69, 9.17) is 10.00 Å². The lowest BCUT2D eigenvalue weighted by atomic mass is 10.3. The molecule has 0 spiro atoms. The number of hydrogen-bond acceptors (Lipinski definition) is 4. The summed E-state index contributed by atoms with van der Waals surface area (Å²) >= 11 is 0. The zero-order chi connectivity index (χ0) is 9.56. The fourth-order valence-corrected chi connectivity index (χ4v) is 0.834. The van der Waals surface area contributed by atoms with E-state index in [2.05, 4.69) is 6.07 Å². The zero-order valence-corrected chi connectivity index (χ0v) is 7.82. The normalized spacial score (nSPS) is 15.7. The third-order valence-corrected chi connectivity index (χ3v) is 1.71. The first-order valence-corrected chi connectivity index (χ1v) is 3.88. The highest BCUT2D eigenvalue weighted by atomic mass is 16.5. The number of rotatable bonds is 5. The Kier molecular flexibility index (Phi) is 5.64. The maximum Gasteiger partial charge on any atom is 0.0947 e. The molecule has 0 radical (unpaired) electrons. The number of hydrogen-bond donors (Lipinski definition) is 1. The molecule has 0 aliphatic rings. The molecule has 0 heterocycles. The largest absolute Gasteiger partial charge is 0.389 e. The van der Waals surface area contributed by atoms with Crippen LogP contribution >= 0.6 is 0 Å². The molecule has 0 aliphatic heterocycles. The lowest BCUT2D eigenvalue weighted by Crippen LogP contribution is -2.36. The maximum atomic E-state index is 9.29. The average molecular weight is 172 g/mol. The summed E-state index contributed by atoms with van der Waals surface area (Å²) in [4.78, 5) is 1.78. The van der Waals surface area contributed by atoms with Crippen molar-refractivity contribution in [2.45, 2.75) is 19.1 Å². The topological polar surface area (TPSA) is 56.5 Å². The molecule has 2 unspecified atom stereocenters. The van der Waals surface area contributed by atoms with Gasteiger partial charge in [-0.1, -0.05) is 0 Å². The van der Waals surface area contributed by atoms with Crippen LogP contribution in [0, 0.1) is 11.3 Å². The predicted molar refractivity (Wildman–Crippen MR) is 45.6 cm³/mol. The molecule has 0 saturated heterocycles. The van der Waals surface area contributed by atoms with Crippen molar-refractivity contribution >= 4 is 0 Å². The number of aliphatic hydroxyl groups is 1. The van der Waals surface area contributed by atoms with E-state index in [1.165, 1.54) is 7.11 Å². The number of nitriles is 1. The van der Waals surface area contributed by atoms with Gasteiger partial charge in [0.15, 0.2) is 0 Å². The summed E-state index contributed by atoms with van der Waals surface area (Å²) in [6.07, 6.45) is -0.518. The first kappa shape index (κ1) is 11.4. The third kappa shape index (κ3) is 4.29. The Labute approximate surface area is 73.4 Å². The molecule has 0 aromatic rings. The lowest BCUT2D eigenvalue weighted by Gasteiger charge is -2.21. The van der Waals surface area contributed by atoms with Crippen LogP contribution in [0.5, 0.6) is 0 Å². The van der Waals surface area contributed by atoms with Crippen LogP contribution < -0.4 is 0 Å². The van der Waals surface area contributed by atoms with Gasteiger partial charge >= 0.3 is 0 Å². The van der Waals surface area contributed by atoms with Gasteiger partial charge in [0.1, 0.15) is 0 Å². The summed E-state index contributed by atoms with van der Waals surface area (Å²) in [5, 5.41) is 17.8. The minimum Gasteiger partial charge on any atom is -0.389 e. The van der Waals surface area contributed by atoms with Crippen molar-refractivity contribution in [1.82, 2.24) is 4.90 Å². The fourth-order valence-electron chi connectivity index (χ4n) is 0.834. The molecule has 70 valence electrons. The van der Waals surface area contributed by atoms with Crippen LogP contribution in [0.3, 0.4) is 0 Å². The summed E-state index contributed by atoms with van der Waals surface area (Å²) < 4.78 is 4.76. The Morgan fingerprint density at radius 2 is 2.25 bits per heavy atom.